The van der Waals surface area contributed by atoms with Gasteiger partial charge in [-0.05, 0) is 88.8 Å². The topological polar surface area (TPSA) is 26.8 Å². The summed E-state index contributed by atoms with van der Waals surface area (Å²) >= 11 is 0. The molecule has 4 nitrogen and oxygen atoms in total. The first-order valence-electron chi connectivity index (χ1n) is 11.1. The minimum atomic E-state index is 0.235. The molecule has 1 amide bonds. The molecule has 3 aliphatic heterocycles. The largest absolute Gasteiger partial charge is 0.334 e. The highest BCUT2D eigenvalue weighted by Gasteiger charge is 2.31. The van der Waals surface area contributed by atoms with Crippen molar-refractivity contribution in [1.29, 1.82) is 0 Å². The van der Waals surface area contributed by atoms with E-state index in [0.29, 0.717) is 6.04 Å². The highest BCUT2D eigenvalue weighted by molar-refractivity contribution is 5.94. The van der Waals surface area contributed by atoms with E-state index in [1.807, 2.05) is 0 Å². The molecule has 0 saturated carbocycles. The Morgan fingerprint density at radius 3 is 2.22 bits per heavy atom. The average Bonchev–Trinajstić information content (AvgIpc) is 3.40. The minimum absolute atomic E-state index is 0.235. The van der Waals surface area contributed by atoms with Crippen LogP contribution in [0.1, 0.15) is 60.9 Å². The van der Waals surface area contributed by atoms with Crippen molar-refractivity contribution in [3.8, 4) is 0 Å². The molecule has 3 heterocycles. The maximum Gasteiger partial charge on any atom is 0.254 e. The van der Waals surface area contributed by atoms with Gasteiger partial charge in [-0.1, -0.05) is 18.6 Å². The SMILES string of the molecule is O=C(c1ccc(CCN2CCCCC2)cc1)N1CCCC1CN1CCCC1. The second kappa shape index (κ2) is 9.20. The molecular weight excluding hydrogens is 334 g/mol. The number of benzene rings is 1. The van der Waals surface area contributed by atoms with Crippen LogP contribution in [0.2, 0.25) is 0 Å². The fourth-order valence-corrected chi connectivity index (χ4v) is 5.01. The Bertz CT molecular complexity index is 603. The van der Waals surface area contributed by atoms with Crippen molar-refractivity contribution in [2.24, 2.45) is 0 Å². The van der Waals surface area contributed by atoms with Gasteiger partial charge in [0.2, 0.25) is 0 Å². The zero-order valence-corrected chi connectivity index (χ0v) is 16.7. The molecule has 3 fully saturated rings. The Hall–Kier alpha value is -1.39. The summed E-state index contributed by atoms with van der Waals surface area (Å²) in [6, 6.07) is 8.86. The number of piperidine rings is 1. The lowest BCUT2D eigenvalue weighted by Gasteiger charge is -2.28. The van der Waals surface area contributed by atoms with E-state index in [1.54, 1.807) is 0 Å². The maximum atomic E-state index is 13.0. The van der Waals surface area contributed by atoms with Gasteiger partial charge in [-0.2, -0.15) is 0 Å². The summed E-state index contributed by atoms with van der Waals surface area (Å²) in [7, 11) is 0. The van der Waals surface area contributed by atoms with Crippen molar-refractivity contribution in [1.82, 2.24) is 14.7 Å². The van der Waals surface area contributed by atoms with Crippen LogP contribution in [-0.4, -0.2) is 72.5 Å². The van der Waals surface area contributed by atoms with Gasteiger partial charge in [-0.3, -0.25) is 4.79 Å². The highest BCUT2D eigenvalue weighted by atomic mass is 16.2. The van der Waals surface area contributed by atoms with Crippen LogP contribution in [0.5, 0.6) is 0 Å². The quantitative estimate of drug-likeness (QED) is 0.769. The predicted molar refractivity (Wildman–Crippen MR) is 110 cm³/mol. The van der Waals surface area contributed by atoms with Crippen molar-refractivity contribution in [2.75, 3.05) is 45.8 Å². The van der Waals surface area contributed by atoms with E-state index in [9.17, 15) is 4.79 Å². The summed E-state index contributed by atoms with van der Waals surface area (Å²) in [5.41, 5.74) is 2.22. The molecule has 1 aromatic rings. The first-order chi connectivity index (χ1) is 13.3. The molecule has 4 heteroatoms. The number of rotatable bonds is 6. The smallest absolute Gasteiger partial charge is 0.254 e. The van der Waals surface area contributed by atoms with Crippen LogP contribution >= 0.6 is 0 Å². The maximum absolute atomic E-state index is 13.0. The van der Waals surface area contributed by atoms with E-state index in [2.05, 4.69) is 39.0 Å². The van der Waals surface area contributed by atoms with Gasteiger partial charge in [-0.25, -0.2) is 0 Å². The first kappa shape index (κ1) is 18.9. The van der Waals surface area contributed by atoms with Gasteiger partial charge in [0, 0.05) is 31.2 Å². The second-order valence-electron chi connectivity index (χ2n) is 8.65. The standard InChI is InChI=1S/C23H35N3O/c27-23(26-17-6-7-22(26)19-25-15-4-5-16-25)21-10-8-20(9-11-21)12-18-24-13-2-1-3-14-24/h8-11,22H,1-7,12-19H2. The molecule has 0 spiro atoms. The van der Waals surface area contributed by atoms with Crippen molar-refractivity contribution in [3.63, 3.8) is 0 Å². The van der Waals surface area contributed by atoms with E-state index >= 15 is 0 Å². The first-order valence-corrected chi connectivity index (χ1v) is 11.1. The van der Waals surface area contributed by atoms with Gasteiger partial charge in [0.25, 0.3) is 5.91 Å². The molecule has 0 aliphatic carbocycles. The molecule has 27 heavy (non-hydrogen) atoms. The molecule has 3 saturated heterocycles. The van der Waals surface area contributed by atoms with Crippen LogP contribution in [0, 0.1) is 0 Å². The number of likely N-dealkylation sites (tertiary alicyclic amines) is 3. The van der Waals surface area contributed by atoms with Crippen molar-refractivity contribution < 1.29 is 4.79 Å². The summed E-state index contributed by atoms with van der Waals surface area (Å²) in [4.78, 5) is 20.3. The van der Waals surface area contributed by atoms with Gasteiger partial charge in [0.15, 0.2) is 0 Å². The number of carbonyl (C=O) groups excluding carboxylic acids is 1. The molecule has 148 valence electrons. The Labute approximate surface area is 164 Å². The van der Waals surface area contributed by atoms with E-state index in [4.69, 9.17) is 0 Å². The fourth-order valence-electron chi connectivity index (χ4n) is 5.01. The molecule has 0 aromatic heterocycles. The molecule has 1 atom stereocenters. The van der Waals surface area contributed by atoms with Crippen LogP contribution in [0.25, 0.3) is 0 Å². The Morgan fingerprint density at radius 2 is 1.48 bits per heavy atom. The second-order valence-corrected chi connectivity index (χ2v) is 8.65. The van der Waals surface area contributed by atoms with Crippen LogP contribution in [0.3, 0.4) is 0 Å². The van der Waals surface area contributed by atoms with Gasteiger partial charge in [0.1, 0.15) is 0 Å². The molecular formula is C23H35N3O. The molecule has 1 aromatic carbocycles. The number of nitrogens with zero attached hydrogens (tertiary/aromatic N) is 3. The van der Waals surface area contributed by atoms with E-state index in [0.717, 1.165) is 44.5 Å². The lowest BCUT2D eigenvalue weighted by atomic mass is 10.1. The van der Waals surface area contributed by atoms with Crippen LogP contribution < -0.4 is 0 Å². The third-order valence-corrected chi connectivity index (χ3v) is 6.67. The van der Waals surface area contributed by atoms with Gasteiger partial charge < -0.3 is 14.7 Å². The third kappa shape index (κ3) is 4.91. The fraction of sp³-hybridized carbons (Fsp3) is 0.696. The van der Waals surface area contributed by atoms with Crippen molar-refractivity contribution in [3.05, 3.63) is 35.4 Å². The lowest BCUT2D eigenvalue weighted by molar-refractivity contribution is 0.0709. The van der Waals surface area contributed by atoms with Crippen LogP contribution in [0.4, 0.5) is 0 Å². The molecule has 4 rings (SSSR count). The zero-order chi connectivity index (χ0) is 18.5. The summed E-state index contributed by atoms with van der Waals surface area (Å²) < 4.78 is 0. The Morgan fingerprint density at radius 1 is 0.815 bits per heavy atom. The molecule has 0 bridgehead atoms. The Balaban J connectivity index is 1.31. The van der Waals surface area contributed by atoms with Crippen LogP contribution in [0.15, 0.2) is 24.3 Å². The predicted octanol–water partition coefficient (Wildman–Crippen LogP) is 3.42. The summed E-state index contributed by atoms with van der Waals surface area (Å²) in [5.74, 6) is 0.235. The number of carbonyl (C=O) groups is 1. The Kier molecular flexibility index (Phi) is 6.46. The third-order valence-electron chi connectivity index (χ3n) is 6.67. The lowest BCUT2D eigenvalue weighted by Crippen LogP contribution is -2.42. The molecule has 0 radical (unpaired) electrons. The summed E-state index contributed by atoms with van der Waals surface area (Å²) in [6.45, 7) is 8.08. The minimum Gasteiger partial charge on any atom is -0.334 e. The monoisotopic (exact) mass is 369 g/mol. The number of hydrogen-bond acceptors (Lipinski definition) is 3. The van der Waals surface area contributed by atoms with Crippen LogP contribution in [-0.2, 0) is 6.42 Å². The van der Waals surface area contributed by atoms with Crippen molar-refractivity contribution in [2.45, 2.75) is 57.4 Å². The molecule has 1 unspecified atom stereocenters. The summed E-state index contributed by atoms with van der Waals surface area (Å²) in [5, 5.41) is 0. The summed E-state index contributed by atoms with van der Waals surface area (Å²) in [6.07, 6.45) is 10.1. The zero-order valence-electron chi connectivity index (χ0n) is 16.7. The van der Waals surface area contributed by atoms with Crippen molar-refractivity contribution >= 4 is 5.91 Å². The average molecular weight is 370 g/mol. The highest BCUT2D eigenvalue weighted by Crippen LogP contribution is 2.23. The normalized spacial score (nSPS) is 24.6. The molecule has 3 aliphatic rings. The van der Waals surface area contributed by atoms with E-state index in [-0.39, 0.29) is 5.91 Å². The van der Waals surface area contributed by atoms with Gasteiger partial charge in [0.05, 0.1) is 0 Å². The molecule has 0 N–H and O–H groups in total. The van der Waals surface area contributed by atoms with Gasteiger partial charge >= 0.3 is 0 Å². The van der Waals surface area contributed by atoms with E-state index in [1.165, 1.54) is 63.8 Å². The van der Waals surface area contributed by atoms with Gasteiger partial charge in [-0.15, -0.1) is 0 Å². The number of amides is 1. The van der Waals surface area contributed by atoms with E-state index < -0.39 is 0 Å². The number of hydrogen-bond donors (Lipinski definition) is 0.